The molecular formula is C8H6N6O2. The second-order valence-corrected chi connectivity index (χ2v) is 2.73. The summed E-state index contributed by atoms with van der Waals surface area (Å²) in [6.07, 6.45) is 2.77. The number of nitrogens with zero attached hydrogens (tertiary/aromatic N) is 4. The fourth-order valence-electron chi connectivity index (χ4n) is 0.941. The molecule has 0 bridgehead atoms. The average Bonchev–Trinajstić information content (AvgIpc) is 2.31. The highest BCUT2D eigenvalue weighted by Crippen LogP contribution is 1.96. The summed E-state index contributed by atoms with van der Waals surface area (Å²) in [5.74, 6) is -0.454. The quantitative estimate of drug-likeness (QED) is 0.682. The van der Waals surface area contributed by atoms with Gasteiger partial charge in [-0.2, -0.15) is 10.2 Å². The van der Waals surface area contributed by atoms with Gasteiger partial charge in [0.05, 0.1) is 12.4 Å². The summed E-state index contributed by atoms with van der Waals surface area (Å²) in [5.41, 5.74) is -0.318. The Balaban J connectivity index is 2.15. The molecule has 8 nitrogen and oxygen atoms in total. The summed E-state index contributed by atoms with van der Waals surface area (Å²) in [6, 6.07) is 2.50. The highest BCUT2D eigenvalue weighted by atomic mass is 16.2. The smallest absolute Gasteiger partial charge is 0.278 e. The van der Waals surface area contributed by atoms with Gasteiger partial charge < -0.3 is 0 Å². The molecule has 0 saturated heterocycles. The Labute approximate surface area is 88.8 Å². The van der Waals surface area contributed by atoms with Crippen LogP contribution < -0.4 is 10.9 Å². The Morgan fingerprint density at radius 2 is 2.19 bits per heavy atom. The van der Waals surface area contributed by atoms with Gasteiger partial charge in [0.15, 0.2) is 0 Å². The second kappa shape index (κ2) is 4.26. The van der Waals surface area contributed by atoms with Crippen molar-refractivity contribution in [3.05, 3.63) is 40.6 Å². The Morgan fingerprint density at radius 1 is 1.31 bits per heavy atom. The molecule has 80 valence electrons. The van der Waals surface area contributed by atoms with Crippen molar-refractivity contribution in [3.8, 4) is 0 Å². The molecule has 8 heteroatoms. The number of nitrogens with one attached hydrogen (secondary N) is 2. The van der Waals surface area contributed by atoms with Crippen LogP contribution in [0, 0.1) is 0 Å². The zero-order valence-electron chi connectivity index (χ0n) is 7.91. The normalized spacial score (nSPS) is 9.75. The Kier molecular flexibility index (Phi) is 2.63. The molecule has 0 aliphatic carbocycles. The minimum Gasteiger partial charge on any atom is -0.288 e. The van der Waals surface area contributed by atoms with Crippen molar-refractivity contribution in [2.45, 2.75) is 0 Å². The van der Waals surface area contributed by atoms with Crippen molar-refractivity contribution in [3.63, 3.8) is 0 Å². The molecule has 16 heavy (non-hydrogen) atoms. The molecule has 0 radical (unpaired) electrons. The zero-order valence-corrected chi connectivity index (χ0v) is 7.91. The summed E-state index contributed by atoms with van der Waals surface area (Å²) < 4.78 is 0. The van der Waals surface area contributed by atoms with Crippen molar-refractivity contribution in [2.75, 3.05) is 5.32 Å². The van der Waals surface area contributed by atoms with Crippen LogP contribution in [0.15, 0.2) is 29.3 Å². The molecule has 2 heterocycles. The van der Waals surface area contributed by atoms with E-state index in [1.165, 1.54) is 24.5 Å². The van der Waals surface area contributed by atoms with Crippen LogP contribution in [0.1, 0.15) is 10.5 Å². The number of hydrogen-bond acceptors (Lipinski definition) is 6. The van der Waals surface area contributed by atoms with Crippen LogP contribution in [-0.2, 0) is 0 Å². The van der Waals surface area contributed by atoms with Gasteiger partial charge in [-0.3, -0.25) is 14.9 Å². The number of amides is 1. The van der Waals surface area contributed by atoms with Crippen LogP contribution in [0.25, 0.3) is 0 Å². The summed E-state index contributed by atoms with van der Waals surface area (Å²) in [5, 5.41) is 15.2. The maximum absolute atomic E-state index is 11.5. The summed E-state index contributed by atoms with van der Waals surface area (Å²) in [7, 11) is 0. The van der Waals surface area contributed by atoms with Crippen LogP contribution in [0.5, 0.6) is 0 Å². The maximum atomic E-state index is 11.5. The van der Waals surface area contributed by atoms with Crippen LogP contribution in [0.4, 0.5) is 5.95 Å². The van der Waals surface area contributed by atoms with E-state index in [-0.39, 0.29) is 17.2 Å². The second-order valence-electron chi connectivity index (χ2n) is 2.73. The summed E-state index contributed by atoms with van der Waals surface area (Å²) in [4.78, 5) is 26.0. The SMILES string of the molecule is O=C(Nc1nccnn1)c1ccc(=O)[nH]n1. The number of hydrogen-bond donors (Lipinski definition) is 2. The lowest BCUT2D eigenvalue weighted by Crippen LogP contribution is -2.18. The van der Waals surface area contributed by atoms with Crippen molar-refractivity contribution in [1.82, 2.24) is 25.4 Å². The fraction of sp³-hybridized carbons (Fsp3) is 0. The van der Waals surface area contributed by atoms with Gasteiger partial charge >= 0.3 is 0 Å². The fourth-order valence-corrected chi connectivity index (χ4v) is 0.941. The van der Waals surface area contributed by atoms with Crippen molar-refractivity contribution in [1.29, 1.82) is 0 Å². The van der Waals surface area contributed by atoms with E-state index in [1.54, 1.807) is 0 Å². The van der Waals surface area contributed by atoms with Gasteiger partial charge in [0.25, 0.3) is 11.5 Å². The number of rotatable bonds is 2. The van der Waals surface area contributed by atoms with E-state index < -0.39 is 5.91 Å². The Hall–Kier alpha value is -2.64. The predicted octanol–water partition coefficient (Wildman–Crippen LogP) is -0.793. The molecule has 1 amide bonds. The van der Waals surface area contributed by atoms with Crippen LogP contribution in [0.3, 0.4) is 0 Å². The van der Waals surface area contributed by atoms with Gasteiger partial charge in [0.2, 0.25) is 5.95 Å². The molecule has 0 fully saturated rings. The number of carbonyl (C=O) groups excluding carboxylic acids is 1. The van der Waals surface area contributed by atoms with Crippen molar-refractivity contribution < 1.29 is 4.79 Å². The van der Waals surface area contributed by atoms with Gasteiger partial charge in [0.1, 0.15) is 5.69 Å². The molecule has 0 spiro atoms. The monoisotopic (exact) mass is 218 g/mol. The first-order chi connectivity index (χ1) is 7.75. The first kappa shape index (κ1) is 9.90. The molecule has 0 aromatic carbocycles. The molecule has 2 rings (SSSR count). The lowest BCUT2D eigenvalue weighted by atomic mass is 10.4. The minimum atomic E-state index is -0.524. The Morgan fingerprint density at radius 3 is 2.81 bits per heavy atom. The molecule has 0 unspecified atom stereocenters. The van der Waals surface area contributed by atoms with Crippen molar-refractivity contribution >= 4 is 11.9 Å². The van der Waals surface area contributed by atoms with E-state index in [2.05, 4.69) is 30.7 Å². The number of aromatic nitrogens is 5. The summed E-state index contributed by atoms with van der Waals surface area (Å²) >= 11 is 0. The average molecular weight is 218 g/mol. The number of H-pyrrole nitrogens is 1. The van der Waals surface area contributed by atoms with E-state index in [0.717, 1.165) is 0 Å². The summed E-state index contributed by atoms with van der Waals surface area (Å²) in [6.45, 7) is 0. The van der Waals surface area contributed by atoms with Gasteiger partial charge in [-0.1, -0.05) is 0 Å². The molecular weight excluding hydrogens is 212 g/mol. The molecule has 0 atom stereocenters. The van der Waals surface area contributed by atoms with E-state index in [4.69, 9.17) is 0 Å². The van der Waals surface area contributed by atoms with Gasteiger partial charge in [-0.05, 0) is 6.07 Å². The standard InChI is InChI=1S/C8H6N6O2/c15-6-2-1-5(12-13-6)7(16)11-8-9-3-4-10-14-8/h1-4H,(H,13,15)(H,9,11,14,16). The highest BCUT2D eigenvalue weighted by Gasteiger charge is 2.08. The minimum absolute atomic E-state index is 0.0621. The van der Waals surface area contributed by atoms with E-state index >= 15 is 0 Å². The van der Waals surface area contributed by atoms with Crippen LogP contribution in [-0.4, -0.2) is 31.3 Å². The first-order valence-electron chi connectivity index (χ1n) is 4.26. The van der Waals surface area contributed by atoms with Gasteiger partial charge in [-0.15, -0.1) is 5.10 Å². The Bertz CT molecular complexity index is 531. The van der Waals surface area contributed by atoms with Gasteiger partial charge in [0, 0.05) is 6.07 Å². The van der Waals surface area contributed by atoms with Crippen molar-refractivity contribution in [2.24, 2.45) is 0 Å². The molecule has 0 aliphatic rings. The third kappa shape index (κ3) is 2.23. The molecule has 2 aromatic rings. The lowest BCUT2D eigenvalue weighted by Gasteiger charge is -2.00. The van der Waals surface area contributed by atoms with Crippen LogP contribution >= 0.6 is 0 Å². The van der Waals surface area contributed by atoms with E-state index in [0.29, 0.717) is 0 Å². The number of anilines is 1. The zero-order chi connectivity index (χ0) is 11.4. The highest BCUT2D eigenvalue weighted by molar-refractivity contribution is 6.01. The third-order valence-corrected chi connectivity index (χ3v) is 1.62. The predicted molar refractivity (Wildman–Crippen MR) is 52.6 cm³/mol. The molecule has 2 aromatic heterocycles. The van der Waals surface area contributed by atoms with E-state index in [1.807, 2.05) is 0 Å². The topological polar surface area (TPSA) is 114 Å². The van der Waals surface area contributed by atoms with E-state index in [9.17, 15) is 9.59 Å². The first-order valence-corrected chi connectivity index (χ1v) is 4.26. The van der Waals surface area contributed by atoms with Crippen LogP contribution in [0.2, 0.25) is 0 Å². The number of carbonyl (C=O) groups is 1. The van der Waals surface area contributed by atoms with Gasteiger partial charge in [-0.25, -0.2) is 10.1 Å². The largest absolute Gasteiger partial charge is 0.288 e. The molecule has 2 N–H and O–H groups in total. The maximum Gasteiger partial charge on any atom is 0.278 e. The third-order valence-electron chi connectivity index (χ3n) is 1.62. The molecule has 0 aliphatic heterocycles. The molecule has 0 saturated carbocycles. The number of aromatic amines is 1. The lowest BCUT2D eigenvalue weighted by molar-refractivity contribution is 0.102.